The SMILES string of the molecule is Cc1cc(=O)c(OCc2ccccc2F)cn1CC(=O)Nc1cccc(F)c1. The summed E-state index contributed by atoms with van der Waals surface area (Å²) in [6.07, 6.45) is 1.41. The molecule has 1 heterocycles. The standard InChI is InChI=1S/C21H18F2N2O3/c1-14-9-19(26)20(28-13-15-5-2-3-8-18(15)23)11-25(14)12-21(27)24-17-7-4-6-16(22)10-17/h2-11H,12-13H2,1H3,(H,24,27). The highest BCUT2D eigenvalue weighted by Gasteiger charge is 2.10. The van der Waals surface area contributed by atoms with E-state index in [9.17, 15) is 18.4 Å². The quantitative estimate of drug-likeness (QED) is 0.706. The number of ether oxygens (including phenoxy) is 1. The topological polar surface area (TPSA) is 60.3 Å². The first kappa shape index (κ1) is 19.3. The van der Waals surface area contributed by atoms with Crippen LogP contribution in [-0.2, 0) is 17.9 Å². The van der Waals surface area contributed by atoms with Gasteiger partial charge in [-0.05, 0) is 31.2 Å². The van der Waals surface area contributed by atoms with Crippen molar-refractivity contribution in [2.24, 2.45) is 0 Å². The Morgan fingerprint density at radius 3 is 2.64 bits per heavy atom. The fourth-order valence-corrected chi connectivity index (χ4v) is 2.62. The van der Waals surface area contributed by atoms with E-state index < -0.39 is 17.5 Å². The normalized spacial score (nSPS) is 10.5. The van der Waals surface area contributed by atoms with Crippen LogP contribution in [0.2, 0.25) is 0 Å². The Hall–Kier alpha value is -3.48. The van der Waals surface area contributed by atoms with Crippen LogP contribution in [-0.4, -0.2) is 10.5 Å². The molecule has 0 bridgehead atoms. The zero-order valence-corrected chi connectivity index (χ0v) is 15.1. The summed E-state index contributed by atoms with van der Waals surface area (Å²) in [4.78, 5) is 24.4. The fourth-order valence-electron chi connectivity index (χ4n) is 2.62. The van der Waals surface area contributed by atoms with Gasteiger partial charge in [-0.15, -0.1) is 0 Å². The van der Waals surface area contributed by atoms with Crippen LogP contribution in [0.3, 0.4) is 0 Å². The molecule has 0 aliphatic carbocycles. The van der Waals surface area contributed by atoms with Gasteiger partial charge in [-0.3, -0.25) is 9.59 Å². The van der Waals surface area contributed by atoms with Gasteiger partial charge in [0.25, 0.3) is 0 Å². The zero-order valence-electron chi connectivity index (χ0n) is 15.1. The molecule has 1 N–H and O–H groups in total. The van der Waals surface area contributed by atoms with Gasteiger partial charge in [-0.1, -0.05) is 24.3 Å². The van der Waals surface area contributed by atoms with Crippen molar-refractivity contribution >= 4 is 11.6 Å². The summed E-state index contributed by atoms with van der Waals surface area (Å²) < 4.78 is 33.9. The van der Waals surface area contributed by atoms with Gasteiger partial charge >= 0.3 is 0 Å². The van der Waals surface area contributed by atoms with Crippen molar-refractivity contribution in [3.63, 3.8) is 0 Å². The maximum atomic E-state index is 13.7. The van der Waals surface area contributed by atoms with Gasteiger partial charge in [-0.25, -0.2) is 8.78 Å². The predicted octanol–water partition coefficient (Wildman–Crippen LogP) is 3.65. The molecule has 144 valence electrons. The predicted molar refractivity (Wildman–Crippen MR) is 101 cm³/mol. The van der Waals surface area contributed by atoms with Crippen molar-refractivity contribution in [1.82, 2.24) is 4.57 Å². The second kappa shape index (κ2) is 8.47. The van der Waals surface area contributed by atoms with Gasteiger partial charge in [0, 0.05) is 23.0 Å². The Labute approximate surface area is 160 Å². The van der Waals surface area contributed by atoms with Crippen LogP contribution in [0.25, 0.3) is 0 Å². The first-order valence-corrected chi connectivity index (χ1v) is 8.55. The number of carbonyl (C=O) groups is 1. The Morgan fingerprint density at radius 2 is 1.89 bits per heavy atom. The first-order valence-electron chi connectivity index (χ1n) is 8.55. The Balaban J connectivity index is 1.73. The number of benzene rings is 2. The van der Waals surface area contributed by atoms with Crippen molar-refractivity contribution in [3.8, 4) is 5.75 Å². The molecule has 0 saturated carbocycles. The maximum absolute atomic E-state index is 13.7. The van der Waals surface area contributed by atoms with Crippen LogP contribution in [0.1, 0.15) is 11.3 Å². The van der Waals surface area contributed by atoms with Crippen LogP contribution in [0.4, 0.5) is 14.5 Å². The van der Waals surface area contributed by atoms with E-state index >= 15 is 0 Å². The third kappa shape index (κ3) is 4.82. The molecule has 0 fully saturated rings. The molecule has 28 heavy (non-hydrogen) atoms. The number of amides is 1. The van der Waals surface area contributed by atoms with Crippen LogP contribution in [0, 0.1) is 18.6 Å². The highest BCUT2D eigenvalue weighted by Crippen LogP contribution is 2.13. The van der Waals surface area contributed by atoms with Crippen molar-refractivity contribution in [2.45, 2.75) is 20.1 Å². The molecule has 1 amide bonds. The molecule has 7 heteroatoms. The largest absolute Gasteiger partial charge is 0.483 e. The third-order valence-electron chi connectivity index (χ3n) is 4.07. The molecule has 0 radical (unpaired) electrons. The summed E-state index contributed by atoms with van der Waals surface area (Å²) in [7, 11) is 0. The third-order valence-corrected chi connectivity index (χ3v) is 4.07. The van der Waals surface area contributed by atoms with Crippen molar-refractivity contribution < 1.29 is 18.3 Å². The molecular formula is C21H18F2N2O3. The molecule has 2 aromatic carbocycles. The summed E-state index contributed by atoms with van der Waals surface area (Å²) in [5, 5.41) is 2.59. The summed E-state index contributed by atoms with van der Waals surface area (Å²) >= 11 is 0. The van der Waals surface area contributed by atoms with E-state index in [1.165, 1.54) is 41.1 Å². The van der Waals surface area contributed by atoms with Gasteiger partial charge < -0.3 is 14.6 Å². The summed E-state index contributed by atoms with van der Waals surface area (Å²) in [6.45, 7) is 1.47. The molecule has 3 rings (SSSR count). The molecule has 1 aromatic heterocycles. The lowest BCUT2D eigenvalue weighted by Crippen LogP contribution is -2.22. The first-order chi connectivity index (χ1) is 13.4. The molecule has 0 saturated heterocycles. The van der Waals surface area contributed by atoms with E-state index in [-0.39, 0.29) is 24.3 Å². The van der Waals surface area contributed by atoms with Crippen molar-refractivity contribution in [1.29, 1.82) is 0 Å². The number of rotatable bonds is 6. The van der Waals surface area contributed by atoms with Gasteiger partial charge in [0.2, 0.25) is 11.3 Å². The number of halogens is 2. The zero-order chi connectivity index (χ0) is 20.1. The van der Waals surface area contributed by atoms with E-state index in [1.54, 1.807) is 31.2 Å². The Morgan fingerprint density at radius 1 is 1.11 bits per heavy atom. The van der Waals surface area contributed by atoms with Crippen LogP contribution >= 0.6 is 0 Å². The molecule has 0 aliphatic heterocycles. The lowest BCUT2D eigenvalue weighted by molar-refractivity contribution is -0.116. The van der Waals surface area contributed by atoms with E-state index in [4.69, 9.17) is 4.74 Å². The monoisotopic (exact) mass is 384 g/mol. The number of nitrogens with one attached hydrogen (secondary N) is 1. The van der Waals surface area contributed by atoms with E-state index in [2.05, 4.69) is 5.32 Å². The van der Waals surface area contributed by atoms with Gasteiger partial charge in [0.15, 0.2) is 5.75 Å². The van der Waals surface area contributed by atoms with E-state index in [1.807, 2.05) is 0 Å². The lowest BCUT2D eigenvalue weighted by Gasteiger charge is -2.14. The Kier molecular flexibility index (Phi) is 5.84. The number of carbonyl (C=O) groups excluding carboxylic acids is 1. The second-order valence-corrected chi connectivity index (χ2v) is 6.21. The number of pyridine rings is 1. The van der Waals surface area contributed by atoms with Gasteiger partial charge in [0.1, 0.15) is 24.8 Å². The maximum Gasteiger partial charge on any atom is 0.244 e. The Bertz CT molecular complexity index is 1060. The molecule has 0 unspecified atom stereocenters. The average Bonchev–Trinajstić information content (AvgIpc) is 2.64. The molecule has 5 nitrogen and oxygen atoms in total. The van der Waals surface area contributed by atoms with E-state index in [0.717, 1.165) is 0 Å². The fraction of sp³-hybridized carbons (Fsp3) is 0.143. The highest BCUT2D eigenvalue weighted by atomic mass is 19.1. The molecular weight excluding hydrogens is 366 g/mol. The molecule has 0 atom stereocenters. The van der Waals surface area contributed by atoms with Gasteiger partial charge in [0.05, 0.1) is 6.20 Å². The summed E-state index contributed by atoms with van der Waals surface area (Å²) in [5.41, 5.74) is 0.839. The van der Waals surface area contributed by atoms with Crippen LogP contribution in [0.5, 0.6) is 5.75 Å². The molecule has 0 spiro atoms. The second-order valence-electron chi connectivity index (χ2n) is 6.21. The van der Waals surface area contributed by atoms with Crippen molar-refractivity contribution in [2.75, 3.05) is 5.32 Å². The minimum Gasteiger partial charge on any atom is -0.483 e. The highest BCUT2D eigenvalue weighted by molar-refractivity contribution is 5.90. The number of hydrogen-bond acceptors (Lipinski definition) is 3. The summed E-state index contributed by atoms with van der Waals surface area (Å²) in [5.74, 6) is -1.27. The number of hydrogen-bond donors (Lipinski definition) is 1. The van der Waals surface area contributed by atoms with E-state index in [0.29, 0.717) is 16.9 Å². The lowest BCUT2D eigenvalue weighted by atomic mass is 10.2. The average molecular weight is 384 g/mol. The number of anilines is 1. The number of aryl methyl sites for hydroxylation is 1. The summed E-state index contributed by atoms with van der Waals surface area (Å²) in [6, 6.07) is 13.0. The van der Waals surface area contributed by atoms with Crippen LogP contribution in [0.15, 0.2) is 65.6 Å². The minimum atomic E-state index is -0.457. The number of aromatic nitrogens is 1. The molecule has 3 aromatic rings. The van der Waals surface area contributed by atoms with Gasteiger partial charge in [-0.2, -0.15) is 0 Å². The smallest absolute Gasteiger partial charge is 0.244 e. The van der Waals surface area contributed by atoms with Crippen LogP contribution < -0.4 is 15.5 Å². The van der Waals surface area contributed by atoms with Crippen molar-refractivity contribution in [3.05, 3.63) is 93.9 Å². The number of nitrogens with zero attached hydrogens (tertiary/aromatic N) is 1. The molecule has 0 aliphatic rings. The minimum absolute atomic E-state index is 0.00686.